The fraction of sp³-hybridized carbons (Fsp3) is 0.345. The van der Waals surface area contributed by atoms with Crippen LogP contribution >= 0.6 is 0 Å². The number of amides is 1. The second-order valence-electron chi connectivity index (χ2n) is 10.9. The minimum absolute atomic E-state index is 0.00165. The summed E-state index contributed by atoms with van der Waals surface area (Å²) in [5.41, 5.74) is 3.73. The lowest BCUT2D eigenvalue weighted by molar-refractivity contribution is -0.144. The summed E-state index contributed by atoms with van der Waals surface area (Å²) in [6, 6.07) is 9.34. The normalized spacial score (nSPS) is 26.3. The third-order valence-electron chi connectivity index (χ3n) is 8.70. The first-order valence-corrected chi connectivity index (χ1v) is 12.8. The molecule has 39 heavy (non-hydrogen) atoms. The molecule has 202 valence electrons. The minimum Gasteiger partial charge on any atom is -0.511 e. The number of allylic oxidation sites excluding steroid dienone is 2. The minimum atomic E-state index is -2.65. The van der Waals surface area contributed by atoms with E-state index in [9.17, 15) is 34.8 Å². The maximum absolute atomic E-state index is 15.8. The number of ketones is 2. The van der Waals surface area contributed by atoms with Crippen LogP contribution in [-0.2, 0) is 35.4 Å². The van der Waals surface area contributed by atoms with E-state index in [4.69, 9.17) is 5.73 Å². The predicted octanol–water partition coefficient (Wildman–Crippen LogP) is 1.98. The summed E-state index contributed by atoms with van der Waals surface area (Å²) in [4.78, 5) is 38.3. The number of Topliss-reactive ketones (excluding diaryl/α,β-unsaturated/α-hetero) is 2. The van der Waals surface area contributed by atoms with Gasteiger partial charge in [-0.05, 0) is 48.8 Å². The average molecular weight is 535 g/mol. The number of fused-ring (bicyclic) bond motifs is 4. The number of aromatic hydroxyl groups is 1. The number of phenolic OH excluding ortho intramolecular Hbond substituents is 1. The molecule has 0 heterocycles. The average Bonchev–Trinajstić information content (AvgIpc) is 3.30. The predicted molar refractivity (Wildman–Crippen MR) is 135 cm³/mol. The highest BCUT2D eigenvalue weighted by Gasteiger charge is 2.59. The monoisotopic (exact) mass is 534 g/mol. The number of aliphatic hydroxyl groups excluding tert-OH is 2. The molecule has 7 N–H and O–H groups in total. The zero-order valence-corrected chi connectivity index (χ0v) is 20.8. The Bertz CT molecular complexity index is 1520. The highest BCUT2D eigenvalue weighted by Crippen LogP contribution is 2.51. The number of hydrogen-bond donors (Lipinski definition) is 6. The number of benzene rings is 2. The molecule has 0 spiro atoms. The van der Waals surface area contributed by atoms with E-state index in [1.54, 1.807) is 0 Å². The van der Waals surface area contributed by atoms with Crippen molar-refractivity contribution in [3.8, 4) is 5.75 Å². The van der Waals surface area contributed by atoms with Gasteiger partial charge in [0.15, 0.2) is 11.4 Å². The number of phenols is 1. The molecule has 0 aliphatic heterocycles. The molecule has 0 aromatic heterocycles. The van der Waals surface area contributed by atoms with Crippen molar-refractivity contribution < 1.29 is 39.2 Å². The molecule has 2 aromatic rings. The molecule has 2 aromatic carbocycles. The fourth-order valence-electron chi connectivity index (χ4n) is 6.81. The quantitative estimate of drug-likeness (QED) is 0.323. The highest BCUT2D eigenvalue weighted by atomic mass is 19.1. The summed E-state index contributed by atoms with van der Waals surface area (Å²) in [5, 5.41) is 46.7. The first-order valence-electron chi connectivity index (χ1n) is 12.8. The van der Waals surface area contributed by atoms with Crippen LogP contribution in [0.4, 0.5) is 4.39 Å². The molecule has 0 saturated carbocycles. The molecule has 6 rings (SSSR count). The molecular formula is C29H27FN2O7. The Kier molecular flexibility index (Phi) is 5.67. The van der Waals surface area contributed by atoms with E-state index in [-0.39, 0.29) is 54.1 Å². The van der Waals surface area contributed by atoms with Gasteiger partial charge in [-0.15, -0.1) is 0 Å². The van der Waals surface area contributed by atoms with Crippen molar-refractivity contribution in [1.82, 2.24) is 5.32 Å². The van der Waals surface area contributed by atoms with Gasteiger partial charge in [0.1, 0.15) is 28.7 Å². The van der Waals surface area contributed by atoms with Crippen molar-refractivity contribution in [2.75, 3.05) is 0 Å². The lowest BCUT2D eigenvalue weighted by Crippen LogP contribution is -2.57. The molecule has 3 atom stereocenters. The molecule has 1 unspecified atom stereocenters. The Morgan fingerprint density at radius 1 is 1.08 bits per heavy atom. The van der Waals surface area contributed by atoms with Crippen LogP contribution in [0.25, 0.3) is 0 Å². The molecule has 9 nitrogen and oxygen atoms in total. The summed E-state index contributed by atoms with van der Waals surface area (Å²) in [6.45, 7) is 0.129. The largest absolute Gasteiger partial charge is 0.511 e. The second kappa shape index (κ2) is 8.75. The summed E-state index contributed by atoms with van der Waals surface area (Å²) in [6.07, 6.45) is 1.13. The van der Waals surface area contributed by atoms with Gasteiger partial charge in [-0.1, -0.05) is 24.3 Å². The summed E-state index contributed by atoms with van der Waals surface area (Å²) in [5.74, 6) is -8.00. The molecule has 0 radical (unpaired) electrons. The van der Waals surface area contributed by atoms with E-state index in [0.717, 1.165) is 12.8 Å². The van der Waals surface area contributed by atoms with Crippen molar-refractivity contribution in [1.29, 1.82) is 0 Å². The van der Waals surface area contributed by atoms with Crippen LogP contribution in [0.2, 0.25) is 0 Å². The van der Waals surface area contributed by atoms with Gasteiger partial charge in [0, 0.05) is 41.6 Å². The number of carbonyl (C=O) groups is 3. The number of aliphatic hydroxyl groups is 3. The Labute approximate surface area is 222 Å². The van der Waals surface area contributed by atoms with Crippen molar-refractivity contribution in [3.63, 3.8) is 0 Å². The molecular weight excluding hydrogens is 507 g/mol. The number of hydrogen-bond acceptors (Lipinski definition) is 8. The number of halogens is 1. The van der Waals surface area contributed by atoms with Crippen LogP contribution in [-0.4, -0.2) is 49.5 Å². The van der Waals surface area contributed by atoms with E-state index < -0.39 is 63.6 Å². The maximum Gasteiger partial charge on any atom is 0.255 e. The number of carbonyl (C=O) groups excluding carboxylic acids is 3. The lowest BCUT2D eigenvalue weighted by Gasteiger charge is -2.45. The lowest BCUT2D eigenvalue weighted by atomic mass is 9.60. The van der Waals surface area contributed by atoms with Crippen LogP contribution < -0.4 is 11.1 Å². The standard InChI is InChI=1S/C29H27FN2O7/c30-24-15(11-32-17-6-12-3-1-2-4-13(12)7-17)9-19(33)22-18(24)8-14-5-16-10-20(34)23(28(31)38)27(37)29(16,39)26(36)21(14)25(22)35/h1-4,9,14,16-17,32-34,36,39H,5-8,10-11H2,(H2,31,38)/t14?,16-,29-/m0/s1. The van der Waals surface area contributed by atoms with Gasteiger partial charge in [-0.25, -0.2) is 4.39 Å². The van der Waals surface area contributed by atoms with Gasteiger partial charge in [-0.3, -0.25) is 14.4 Å². The van der Waals surface area contributed by atoms with E-state index in [1.807, 2.05) is 12.1 Å². The topological polar surface area (TPSA) is 170 Å². The maximum atomic E-state index is 15.8. The van der Waals surface area contributed by atoms with Crippen LogP contribution in [0.15, 0.2) is 53.0 Å². The van der Waals surface area contributed by atoms with E-state index in [1.165, 1.54) is 17.2 Å². The van der Waals surface area contributed by atoms with Crippen molar-refractivity contribution in [2.24, 2.45) is 17.6 Å². The van der Waals surface area contributed by atoms with Gasteiger partial charge in [0.05, 0.1) is 5.56 Å². The Hall–Kier alpha value is -4.02. The number of primary amides is 1. The molecule has 0 saturated heterocycles. The second-order valence-corrected chi connectivity index (χ2v) is 10.9. The molecule has 0 bridgehead atoms. The zero-order valence-electron chi connectivity index (χ0n) is 20.8. The van der Waals surface area contributed by atoms with Crippen molar-refractivity contribution in [3.05, 3.63) is 86.6 Å². The van der Waals surface area contributed by atoms with Crippen LogP contribution in [0, 0.1) is 17.7 Å². The smallest absolute Gasteiger partial charge is 0.255 e. The van der Waals surface area contributed by atoms with Crippen LogP contribution in [0.5, 0.6) is 5.75 Å². The first-order chi connectivity index (χ1) is 18.5. The fourth-order valence-corrected chi connectivity index (χ4v) is 6.81. The zero-order chi connectivity index (χ0) is 27.8. The van der Waals surface area contributed by atoms with Gasteiger partial charge in [0.2, 0.25) is 5.78 Å². The Morgan fingerprint density at radius 3 is 2.38 bits per heavy atom. The third-order valence-corrected chi connectivity index (χ3v) is 8.70. The van der Waals surface area contributed by atoms with Gasteiger partial charge in [0.25, 0.3) is 5.91 Å². The SMILES string of the molecule is NC(=O)C1=C(O)C[C@@H]2CC3Cc4c(F)c(CNC5Cc6ccccc6C5)cc(O)c4C(=O)C3=C(O)[C@]2(O)C1=O. The van der Waals surface area contributed by atoms with Gasteiger partial charge in [-0.2, -0.15) is 0 Å². The van der Waals surface area contributed by atoms with Gasteiger partial charge >= 0.3 is 0 Å². The van der Waals surface area contributed by atoms with Gasteiger partial charge < -0.3 is 31.5 Å². The van der Waals surface area contributed by atoms with Crippen LogP contribution in [0.3, 0.4) is 0 Å². The Balaban J connectivity index is 1.32. The van der Waals surface area contributed by atoms with E-state index >= 15 is 4.39 Å². The third kappa shape index (κ3) is 3.62. The molecule has 4 aliphatic rings. The summed E-state index contributed by atoms with van der Waals surface area (Å²) < 4.78 is 15.8. The molecule has 10 heteroatoms. The van der Waals surface area contributed by atoms with E-state index in [0.29, 0.717) is 0 Å². The summed E-state index contributed by atoms with van der Waals surface area (Å²) in [7, 11) is 0. The number of nitrogens with two attached hydrogens (primary N) is 1. The molecule has 0 fully saturated rings. The number of nitrogens with one attached hydrogen (secondary N) is 1. The van der Waals surface area contributed by atoms with Crippen molar-refractivity contribution >= 4 is 17.5 Å². The van der Waals surface area contributed by atoms with Crippen LogP contribution in [0.1, 0.15) is 45.5 Å². The first kappa shape index (κ1) is 25.3. The molecule has 1 amide bonds. The van der Waals surface area contributed by atoms with Crippen molar-refractivity contribution in [2.45, 2.75) is 50.3 Å². The number of rotatable bonds is 4. The van der Waals surface area contributed by atoms with E-state index in [2.05, 4.69) is 17.4 Å². The summed E-state index contributed by atoms with van der Waals surface area (Å²) >= 11 is 0. The highest BCUT2D eigenvalue weighted by molar-refractivity contribution is 6.24. The molecule has 4 aliphatic carbocycles. The Morgan fingerprint density at radius 2 is 1.74 bits per heavy atom.